The number of hydrogen-bond acceptors (Lipinski definition) is 1. The third-order valence-electron chi connectivity index (χ3n) is 3.91. The quantitative estimate of drug-likeness (QED) is 0.874. The average Bonchev–Trinajstić information content (AvgIpc) is 2.42. The topological polar surface area (TPSA) is 33.5 Å². The van der Waals surface area contributed by atoms with Crippen LogP contribution >= 0.6 is 15.9 Å². The first-order valence-corrected chi connectivity index (χ1v) is 7.89. The predicted octanol–water partition coefficient (Wildman–Crippen LogP) is 2.24. The maximum atomic E-state index is 12.1. The van der Waals surface area contributed by atoms with Crippen LogP contribution in [-0.2, 0) is 4.79 Å². The lowest BCUT2D eigenvalue weighted by atomic mass is 10.00. The molecule has 1 aliphatic heterocycles. The van der Waals surface area contributed by atoms with Gasteiger partial charge in [-0.2, -0.15) is 0 Å². The van der Waals surface area contributed by atoms with Crippen LogP contribution in [0.1, 0.15) is 32.6 Å². The van der Waals surface area contributed by atoms with E-state index in [1.807, 2.05) is 24.3 Å². The number of nitrogens with one attached hydrogen (secondary N) is 2. The van der Waals surface area contributed by atoms with Crippen molar-refractivity contribution in [2.45, 2.75) is 38.6 Å². The molecule has 0 saturated carbocycles. The van der Waals surface area contributed by atoms with Crippen molar-refractivity contribution < 1.29 is 9.69 Å². The van der Waals surface area contributed by atoms with Crippen LogP contribution in [0.4, 0.5) is 5.69 Å². The Labute approximate surface area is 123 Å². The summed E-state index contributed by atoms with van der Waals surface area (Å²) < 4.78 is 0.934. The summed E-state index contributed by atoms with van der Waals surface area (Å²) >= 11 is 3.45. The monoisotopic (exact) mass is 325 g/mol. The minimum absolute atomic E-state index is 0.113. The fourth-order valence-electron chi connectivity index (χ4n) is 2.84. The van der Waals surface area contributed by atoms with Crippen molar-refractivity contribution in [2.75, 3.05) is 18.4 Å². The number of likely N-dealkylation sites (tertiary alicyclic amines) is 1. The molecule has 1 amide bonds. The predicted molar refractivity (Wildman–Crippen MR) is 81.4 cm³/mol. The van der Waals surface area contributed by atoms with Crippen LogP contribution in [0, 0.1) is 0 Å². The molecule has 1 saturated heterocycles. The third-order valence-corrected chi connectivity index (χ3v) is 4.60. The van der Waals surface area contributed by atoms with E-state index in [0.29, 0.717) is 12.6 Å². The molecule has 1 aromatic rings. The van der Waals surface area contributed by atoms with Gasteiger partial charge in [-0.3, -0.25) is 4.79 Å². The average molecular weight is 326 g/mol. The van der Waals surface area contributed by atoms with Crippen molar-refractivity contribution in [3.8, 4) is 0 Å². The summed E-state index contributed by atoms with van der Waals surface area (Å²) in [7, 11) is 0. The summed E-state index contributed by atoms with van der Waals surface area (Å²) in [5.41, 5.74) is 0.858. The molecule has 3 nitrogen and oxygen atoms in total. The fourth-order valence-corrected chi connectivity index (χ4v) is 3.22. The number of benzene rings is 1. The molecule has 19 heavy (non-hydrogen) atoms. The van der Waals surface area contributed by atoms with E-state index in [2.05, 4.69) is 28.2 Å². The lowest BCUT2D eigenvalue weighted by molar-refractivity contribution is -0.923. The third kappa shape index (κ3) is 4.05. The molecule has 104 valence electrons. The SMILES string of the molecule is CC[C@@H]1CCCC[NH+]1CC(=O)Nc1ccccc1Br. The zero-order chi connectivity index (χ0) is 13.7. The van der Waals surface area contributed by atoms with E-state index in [4.69, 9.17) is 0 Å². The van der Waals surface area contributed by atoms with Crippen molar-refractivity contribution in [3.05, 3.63) is 28.7 Å². The second kappa shape index (κ2) is 7.06. The van der Waals surface area contributed by atoms with Gasteiger partial charge in [0.05, 0.1) is 18.3 Å². The van der Waals surface area contributed by atoms with E-state index in [1.54, 1.807) is 0 Å². The van der Waals surface area contributed by atoms with Crippen LogP contribution in [0.15, 0.2) is 28.7 Å². The maximum absolute atomic E-state index is 12.1. The van der Waals surface area contributed by atoms with Crippen molar-refractivity contribution in [1.82, 2.24) is 0 Å². The highest BCUT2D eigenvalue weighted by Crippen LogP contribution is 2.20. The van der Waals surface area contributed by atoms with E-state index >= 15 is 0 Å². The number of hydrogen-bond donors (Lipinski definition) is 2. The van der Waals surface area contributed by atoms with Crippen LogP contribution in [0.2, 0.25) is 0 Å². The minimum Gasteiger partial charge on any atom is -0.325 e. The molecule has 0 aromatic heterocycles. The van der Waals surface area contributed by atoms with Gasteiger partial charge in [0.1, 0.15) is 0 Å². The Bertz CT molecular complexity index is 436. The van der Waals surface area contributed by atoms with Crippen LogP contribution < -0.4 is 10.2 Å². The van der Waals surface area contributed by atoms with Gasteiger partial charge >= 0.3 is 0 Å². The Morgan fingerprint density at radius 2 is 2.21 bits per heavy atom. The normalized spacial score (nSPS) is 23.1. The molecule has 0 spiro atoms. The first kappa shape index (κ1) is 14.5. The van der Waals surface area contributed by atoms with E-state index in [9.17, 15) is 4.79 Å². The summed E-state index contributed by atoms with van der Waals surface area (Å²) in [6.45, 7) is 3.93. The molecule has 2 atom stereocenters. The van der Waals surface area contributed by atoms with Gasteiger partial charge in [0.25, 0.3) is 5.91 Å². The van der Waals surface area contributed by atoms with Gasteiger partial charge in [-0.15, -0.1) is 0 Å². The largest absolute Gasteiger partial charge is 0.325 e. The smallest absolute Gasteiger partial charge is 0.279 e. The second-order valence-corrected chi connectivity index (χ2v) is 6.07. The van der Waals surface area contributed by atoms with Gasteiger partial charge in [-0.25, -0.2) is 0 Å². The number of amides is 1. The van der Waals surface area contributed by atoms with Crippen LogP contribution in [0.3, 0.4) is 0 Å². The number of quaternary nitrogens is 1. The first-order chi connectivity index (χ1) is 9.20. The van der Waals surface area contributed by atoms with Gasteiger partial charge in [0.2, 0.25) is 0 Å². The number of para-hydroxylation sites is 1. The van der Waals surface area contributed by atoms with Crippen molar-refractivity contribution in [3.63, 3.8) is 0 Å². The Hall–Kier alpha value is -0.870. The van der Waals surface area contributed by atoms with Gasteiger partial charge in [0.15, 0.2) is 6.54 Å². The maximum Gasteiger partial charge on any atom is 0.279 e. The Kier molecular flexibility index (Phi) is 5.40. The molecule has 1 fully saturated rings. The second-order valence-electron chi connectivity index (χ2n) is 5.21. The number of carbonyl (C=O) groups is 1. The fraction of sp³-hybridized carbons (Fsp3) is 0.533. The molecule has 1 unspecified atom stereocenters. The molecule has 1 heterocycles. The number of rotatable bonds is 4. The Balaban J connectivity index is 1.92. The summed E-state index contributed by atoms with van der Waals surface area (Å²) in [6, 6.07) is 8.40. The first-order valence-electron chi connectivity index (χ1n) is 7.09. The van der Waals surface area contributed by atoms with Gasteiger partial charge in [-0.1, -0.05) is 19.1 Å². The zero-order valence-corrected chi connectivity index (χ0v) is 13.0. The molecular weight excluding hydrogens is 304 g/mol. The lowest BCUT2D eigenvalue weighted by Crippen LogP contribution is -3.17. The van der Waals surface area contributed by atoms with Gasteiger partial charge in [-0.05, 0) is 53.7 Å². The Morgan fingerprint density at radius 3 is 2.95 bits per heavy atom. The van der Waals surface area contributed by atoms with Crippen LogP contribution in [0.25, 0.3) is 0 Å². The molecule has 2 N–H and O–H groups in total. The summed E-state index contributed by atoms with van der Waals surface area (Å²) in [5, 5.41) is 3.00. The van der Waals surface area contributed by atoms with Gasteiger partial charge in [0, 0.05) is 4.47 Å². The van der Waals surface area contributed by atoms with E-state index in [0.717, 1.165) is 23.1 Å². The van der Waals surface area contributed by atoms with E-state index in [-0.39, 0.29) is 5.91 Å². The molecule has 0 radical (unpaired) electrons. The minimum atomic E-state index is 0.113. The molecular formula is C15H22BrN2O+. The highest BCUT2D eigenvalue weighted by atomic mass is 79.9. The molecule has 1 aliphatic rings. The van der Waals surface area contributed by atoms with Crippen molar-refractivity contribution in [1.29, 1.82) is 0 Å². The summed E-state index contributed by atoms with van der Waals surface area (Å²) in [4.78, 5) is 13.6. The van der Waals surface area contributed by atoms with E-state index in [1.165, 1.54) is 24.2 Å². The number of halogens is 1. The molecule has 1 aromatic carbocycles. The number of anilines is 1. The Morgan fingerprint density at radius 1 is 1.42 bits per heavy atom. The van der Waals surface area contributed by atoms with Crippen LogP contribution in [0.5, 0.6) is 0 Å². The highest BCUT2D eigenvalue weighted by Gasteiger charge is 2.26. The van der Waals surface area contributed by atoms with Crippen molar-refractivity contribution in [2.24, 2.45) is 0 Å². The summed E-state index contributed by atoms with van der Waals surface area (Å²) in [5.74, 6) is 0.113. The summed E-state index contributed by atoms with van der Waals surface area (Å²) in [6.07, 6.45) is 4.98. The molecule has 2 rings (SSSR count). The zero-order valence-electron chi connectivity index (χ0n) is 11.4. The number of piperidine rings is 1. The molecule has 4 heteroatoms. The molecule has 0 aliphatic carbocycles. The highest BCUT2D eigenvalue weighted by molar-refractivity contribution is 9.10. The van der Waals surface area contributed by atoms with Gasteiger partial charge < -0.3 is 10.2 Å². The molecule has 0 bridgehead atoms. The number of carbonyl (C=O) groups excluding carboxylic acids is 1. The van der Waals surface area contributed by atoms with Crippen LogP contribution in [-0.4, -0.2) is 25.0 Å². The standard InChI is InChI=1S/C15H21BrN2O/c1-2-12-7-5-6-10-18(12)11-15(19)17-14-9-4-3-8-13(14)16/h3-4,8-9,12H,2,5-7,10-11H2,1H3,(H,17,19)/p+1/t12-/m1/s1. The van der Waals surface area contributed by atoms with E-state index < -0.39 is 0 Å². The lowest BCUT2D eigenvalue weighted by Gasteiger charge is -2.31. The van der Waals surface area contributed by atoms with Crippen molar-refractivity contribution >= 4 is 27.5 Å².